The molecule has 0 bridgehead atoms. The molecule has 2 aromatic rings. The average Bonchev–Trinajstić information content (AvgIpc) is 2.68. The Balaban J connectivity index is 1.68. The summed E-state index contributed by atoms with van der Waals surface area (Å²) in [5.74, 6) is 0.931. The van der Waals surface area contributed by atoms with Crippen molar-refractivity contribution in [3.63, 3.8) is 0 Å². The lowest BCUT2D eigenvalue weighted by Crippen LogP contribution is -2.40. The third kappa shape index (κ3) is 4.87. The number of benzene rings is 2. The van der Waals surface area contributed by atoms with Gasteiger partial charge in [-0.15, -0.1) is 0 Å². The summed E-state index contributed by atoms with van der Waals surface area (Å²) < 4.78 is 5.50. The summed E-state index contributed by atoms with van der Waals surface area (Å²) in [6, 6.07) is 18.0. The first-order valence-corrected chi connectivity index (χ1v) is 9.78. The van der Waals surface area contributed by atoms with Crippen molar-refractivity contribution in [1.82, 2.24) is 9.80 Å². The molecule has 2 aromatic carbocycles. The van der Waals surface area contributed by atoms with Gasteiger partial charge in [0.1, 0.15) is 5.75 Å². The van der Waals surface area contributed by atoms with Crippen LogP contribution in [0, 0.1) is 0 Å². The van der Waals surface area contributed by atoms with Crippen LogP contribution in [0.4, 0.5) is 0 Å². The Bertz CT molecular complexity index is 681. The standard InChI is InChI=1S/C23H32N2O/c1-24(2)17-15-21-8-6-7-16-25(21)18-19-11-13-20(14-12-19)22-9-4-5-10-23(22)26-3/h4-5,9-14,21H,6-8,15-18H2,1-3H3. The number of hydrogen-bond donors (Lipinski definition) is 0. The zero-order valence-electron chi connectivity index (χ0n) is 16.4. The van der Waals surface area contributed by atoms with Crippen LogP contribution in [-0.4, -0.2) is 50.1 Å². The van der Waals surface area contributed by atoms with Gasteiger partial charge in [-0.2, -0.15) is 0 Å². The van der Waals surface area contributed by atoms with E-state index in [1.807, 2.05) is 12.1 Å². The highest BCUT2D eigenvalue weighted by Gasteiger charge is 2.22. The van der Waals surface area contributed by atoms with Gasteiger partial charge in [0.25, 0.3) is 0 Å². The Labute approximate surface area is 158 Å². The zero-order valence-corrected chi connectivity index (χ0v) is 16.4. The summed E-state index contributed by atoms with van der Waals surface area (Å²) in [6.07, 6.45) is 5.32. The molecule has 1 unspecified atom stereocenters. The van der Waals surface area contributed by atoms with Gasteiger partial charge in [0.2, 0.25) is 0 Å². The van der Waals surface area contributed by atoms with Crippen molar-refractivity contribution < 1.29 is 4.74 Å². The molecular weight excluding hydrogens is 320 g/mol. The number of nitrogens with zero attached hydrogens (tertiary/aromatic N) is 2. The highest BCUT2D eigenvalue weighted by atomic mass is 16.5. The van der Waals surface area contributed by atoms with E-state index in [1.165, 1.54) is 49.9 Å². The largest absolute Gasteiger partial charge is 0.496 e. The molecule has 26 heavy (non-hydrogen) atoms. The minimum absolute atomic E-state index is 0.722. The van der Waals surface area contributed by atoms with Crippen LogP contribution in [0.15, 0.2) is 48.5 Å². The van der Waals surface area contributed by atoms with Gasteiger partial charge in [-0.1, -0.05) is 48.9 Å². The fraction of sp³-hybridized carbons (Fsp3) is 0.478. The van der Waals surface area contributed by atoms with Gasteiger partial charge in [-0.25, -0.2) is 0 Å². The number of rotatable bonds is 7. The van der Waals surface area contributed by atoms with Crippen molar-refractivity contribution in [2.24, 2.45) is 0 Å². The smallest absolute Gasteiger partial charge is 0.126 e. The van der Waals surface area contributed by atoms with Gasteiger partial charge in [-0.05, 0) is 63.6 Å². The van der Waals surface area contributed by atoms with Crippen molar-refractivity contribution in [1.29, 1.82) is 0 Å². The van der Waals surface area contributed by atoms with Crippen molar-refractivity contribution in [2.75, 3.05) is 34.3 Å². The second kappa shape index (κ2) is 9.20. The second-order valence-electron chi connectivity index (χ2n) is 7.61. The maximum Gasteiger partial charge on any atom is 0.126 e. The van der Waals surface area contributed by atoms with Gasteiger partial charge < -0.3 is 9.64 Å². The lowest BCUT2D eigenvalue weighted by atomic mass is 9.97. The number of methoxy groups -OCH3 is 1. The van der Waals surface area contributed by atoms with E-state index in [4.69, 9.17) is 4.74 Å². The van der Waals surface area contributed by atoms with Crippen LogP contribution < -0.4 is 4.74 Å². The Morgan fingerprint density at radius 3 is 2.54 bits per heavy atom. The number of ether oxygens (including phenoxy) is 1. The molecular formula is C23H32N2O. The number of piperidine rings is 1. The van der Waals surface area contributed by atoms with E-state index < -0.39 is 0 Å². The van der Waals surface area contributed by atoms with E-state index in [1.54, 1.807) is 7.11 Å². The third-order valence-corrected chi connectivity index (χ3v) is 5.42. The number of hydrogen-bond acceptors (Lipinski definition) is 3. The third-order valence-electron chi connectivity index (χ3n) is 5.42. The lowest BCUT2D eigenvalue weighted by molar-refractivity contribution is 0.124. The van der Waals surface area contributed by atoms with Crippen LogP contribution in [0.3, 0.4) is 0 Å². The molecule has 1 saturated heterocycles. The average molecular weight is 353 g/mol. The Morgan fingerprint density at radius 2 is 1.81 bits per heavy atom. The second-order valence-corrected chi connectivity index (χ2v) is 7.61. The van der Waals surface area contributed by atoms with Crippen LogP contribution in [0.2, 0.25) is 0 Å². The normalized spacial score (nSPS) is 18.2. The summed E-state index contributed by atoms with van der Waals surface area (Å²) in [4.78, 5) is 4.99. The monoisotopic (exact) mass is 352 g/mol. The Hall–Kier alpha value is -1.84. The lowest BCUT2D eigenvalue weighted by Gasteiger charge is -2.36. The van der Waals surface area contributed by atoms with Gasteiger partial charge in [0, 0.05) is 18.2 Å². The molecule has 0 spiro atoms. The van der Waals surface area contributed by atoms with Crippen LogP contribution in [0.5, 0.6) is 5.75 Å². The van der Waals surface area contributed by atoms with Crippen molar-refractivity contribution >= 4 is 0 Å². The quantitative estimate of drug-likeness (QED) is 0.720. The first-order chi connectivity index (χ1) is 12.7. The summed E-state index contributed by atoms with van der Waals surface area (Å²) in [6.45, 7) is 3.46. The molecule has 3 nitrogen and oxygen atoms in total. The summed E-state index contributed by atoms with van der Waals surface area (Å²) in [5.41, 5.74) is 3.78. The minimum atomic E-state index is 0.722. The molecule has 0 aliphatic carbocycles. The number of para-hydroxylation sites is 1. The summed E-state index contributed by atoms with van der Waals surface area (Å²) in [7, 11) is 6.07. The van der Waals surface area contributed by atoms with Crippen molar-refractivity contribution in [2.45, 2.75) is 38.3 Å². The molecule has 0 N–H and O–H groups in total. The predicted octanol–water partition coefficient (Wildman–Crippen LogP) is 4.67. The molecule has 1 heterocycles. The van der Waals surface area contributed by atoms with Gasteiger partial charge in [0.05, 0.1) is 7.11 Å². The van der Waals surface area contributed by atoms with E-state index in [-0.39, 0.29) is 0 Å². The zero-order chi connectivity index (χ0) is 18.4. The molecule has 3 rings (SSSR count). The first kappa shape index (κ1) is 18.9. The molecule has 1 fully saturated rings. The molecule has 1 atom stereocenters. The van der Waals surface area contributed by atoms with Crippen molar-refractivity contribution in [3.05, 3.63) is 54.1 Å². The molecule has 3 heteroatoms. The summed E-state index contributed by atoms with van der Waals surface area (Å²) >= 11 is 0. The maximum absolute atomic E-state index is 5.50. The van der Waals surface area contributed by atoms with Crippen LogP contribution in [0.1, 0.15) is 31.2 Å². The molecule has 1 aliphatic heterocycles. The SMILES string of the molecule is COc1ccccc1-c1ccc(CN2CCCCC2CCN(C)C)cc1. The molecule has 0 saturated carbocycles. The summed E-state index contributed by atoms with van der Waals surface area (Å²) in [5, 5.41) is 0. The molecule has 1 aliphatic rings. The molecule has 140 valence electrons. The van der Waals surface area contributed by atoms with E-state index in [2.05, 4.69) is 60.3 Å². The number of likely N-dealkylation sites (tertiary alicyclic amines) is 1. The Kier molecular flexibility index (Phi) is 6.70. The molecule has 0 aromatic heterocycles. The predicted molar refractivity (Wildman–Crippen MR) is 110 cm³/mol. The van der Waals surface area contributed by atoms with E-state index in [0.29, 0.717) is 0 Å². The van der Waals surface area contributed by atoms with Crippen LogP contribution >= 0.6 is 0 Å². The van der Waals surface area contributed by atoms with E-state index in [0.717, 1.165) is 23.9 Å². The maximum atomic E-state index is 5.50. The Morgan fingerprint density at radius 1 is 1.04 bits per heavy atom. The molecule has 0 radical (unpaired) electrons. The van der Waals surface area contributed by atoms with Crippen molar-refractivity contribution in [3.8, 4) is 16.9 Å². The minimum Gasteiger partial charge on any atom is -0.496 e. The first-order valence-electron chi connectivity index (χ1n) is 9.78. The van der Waals surface area contributed by atoms with Gasteiger partial charge >= 0.3 is 0 Å². The van der Waals surface area contributed by atoms with Gasteiger partial charge in [-0.3, -0.25) is 4.90 Å². The van der Waals surface area contributed by atoms with Crippen LogP contribution in [-0.2, 0) is 6.54 Å². The fourth-order valence-electron chi connectivity index (χ4n) is 3.91. The van der Waals surface area contributed by atoms with E-state index in [9.17, 15) is 0 Å². The van der Waals surface area contributed by atoms with E-state index >= 15 is 0 Å². The highest BCUT2D eigenvalue weighted by Crippen LogP contribution is 2.30. The highest BCUT2D eigenvalue weighted by molar-refractivity contribution is 5.70. The topological polar surface area (TPSA) is 15.7 Å². The molecule has 0 amide bonds. The fourth-order valence-corrected chi connectivity index (χ4v) is 3.91. The van der Waals surface area contributed by atoms with Gasteiger partial charge in [0.15, 0.2) is 0 Å². The van der Waals surface area contributed by atoms with Crippen LogP contribution in [0.25, 0.3) is 11.1 Å².